The van der Waals surface area contributed by atoms with E-state index in [1.54, 1.807) is 0 Å². The van der Waals surface area contributed by atoms with Crippen molar-refractivity contribution in [1.82, 2.24) is 0 Å². The first-order valence-corrected chi connectivity index (χ1v) is 11.8. The molecule has 1 rings (SSSR count). The summed E-state index contributed by atoms with van der Waals surface area (Å²) in [7, 11) is 0. The van der Waals surface area contributed by atoms with Gasteiger partial charge in [-0.1, -0.05) is 109 Å². The number of esters is 1. The van der Waals surface area contributed by atoms with Gasteiger partial charge < -0.3 is 10.1 Å². The summed E-state index contributed by atoms with van der Waals surface area (Å²) < 4.78 is 5.24. The molecule has 1 aromatic carbocycles. The molecule has 0 fully saturated rings. The molecule has 0 aliphatic rings. The molecule has 0 bridgehead atoms. The molecule has 0 aliphatic heterocycles. The molecule has 1 atom stereocenters. The number of nitrogens with one attached hydrogen (secondary N) is 1. The zero-order chi connectivity index (χ0) is 20.3. The van der Waals surface area contributed by atoms with Crippen LogP contribution in [0.25, 0.3) is 0 Å². The number of carbonyl (C=O) groups excluding carboxylic acids is 1. The van der Waals surface area contributed by atoms with Crippen LogP contribution in [0.4, 0.5) is 5.69 Å². The summed E-state index contributed by atoms with van der Waals surface area (Å²) >= 11 is 0. The number of para-hydroxylation sites is 1. The lowest BCUT2D eigenvalue weighted by atomic mass is 10.0. The Labute approximate surface area is 173 Å². The number of ether oxygens (including phenoxy) is 1. The molecule has 160 valence electrons. The highest BCUT2D eigenvalue weighted by atomic mass is 16.5. The van der Waals surface area contributed by atoms with Crippen LogP contribution < -0.4 is 5.32 Å². The topological polar surface area (TPSA) is 38.3 Å². The molecule has 1 unspecified atom stereocenters. The highest BCUT2D eigenvalue weighted by molar-refractivity contribution is 5.79. The molecule has 0 amide bonds. The molecule has 0 aromatic heterocycles. The maximum atomic E-state index is 12.2. The number of anilines is 1. The number of benzene rings is 1. The van der Waals surface area contributed by atoms with E-state index in [1.165, 1.54) is 77.0 Å². The molecule has 28 heavy (non-hydrogen) atoms. The van der Waals surface area contributed by atoms with Crippen molar-refractivity contribution in [3.8, 4) is 0 Å². The zero-order valence-corrected chi connectivity index (χ0v) is 18.4. The number of hydrogen-bond acceptors (Lipinski definition) is 3. The van der Waals surface area contributed by atoms with E-state index in [0.29, 0.717) is 6.61 Å². The van der Waals surface area contributed by atoms with Gasteiger partial charge in [-0.2, -0.15) is 0 Å². The molecule has 0 saturated carbocycles. The number of carbonyl (C=O) groups is 1. The standard InChI is InChI=1S/C25H43NO2/c1-3-5-6-7-8-9-10-11-12-13-14-15-19-22-24(25(27)28-4-2)26-23-20-17-16-18-21-23/h16-18,20-21,24,26H,3-15,19,22H2,1-2H3. The van der Waals surface area contributed by atoms with Gasteiger partial charge in [-0.05, 0) is 25.5 Å². The van der Waals surface area contributed by atoms with Crippen LogP contribution in [0.2, 0.25) is 0 Å². The third kappa shape index (κ3) is 12.8. The van der Waals surface area contributed by atoms with Crippen molar-refractivity contribution < 1.29 is 9.53 Å². The van der Waals surface area contributed by atoms with Crippen molar-refractivity contribution in [2.45, 2.75) is 110 Å². The van der Waals surface area contributed by atoms with Crippen LogP contribution in [-0.2, 0) is 9.53 Å². The summed E-state index contributed by atoms with van der Waals surface area (Å²) in [6.45, 7) is 4.57. The van der Waals surface area contributed by atoms with Crippen LogP contribution in [0, 0.1) is 0 Å². The van der Waals surface area contributed by atoms with Crippen LogP contribution in [0.1, 0.15) is 104 Å². The van der Waals surface area contributed by atoms with Crippen molar-refractivity contribution in [2.75, 3.05) is 11.9 Å². The van der Waals surface area contributed by atoms with E-state index in [1.807, 2.05) is 37.3 Å². The van der Waals surface area contributed by atoms with E-state index in [-0.39, 0.29) is 12.0 Å². The first-order valence-electron chi connectivity index (χ1n) is 11.8. The third-order valence-corrected chi connectivity index (χ3v) is 5.28. The second kappa shape index (κ2) is 17.6. The van der Waals surface area contributed by atoms with Gasteiger partial charge in [-0.15, -0.1) is 0 Å². The van der Waals surface area contributed by atoms with Gasteiger partial charge in [0.25, 0.3) is 0 Å². The first-order chi connectivity index (χ1) is 13.8. The molecule has 0 saturated heterocycles. The highest BCUT2D eigenvalue weighted by Crippen LogP contribution is 2.16. The molecule has 3 heteroatoms. The summed E-state index contributed by atoms with van der Waals surface area (Å²) in [5.74, 6) is -0.134. The Bertz CT molecular complexity index is 475. The lowest BCUT2D eigenvalue weighted by Gasteiger charge is -2.18. The average Bonchev–Trinajstić information content (AvgIpc) is 2.71. The predicted octanol–water partition coefficient (Wildman–Crippen LogP) is 7.51. The zero-order valence-electron chi connectivity index (χ0n) is 18.4. The van der Waals surface area contributed by atoms with Crippen LogP contribution in [0.3, 0.4) is 0 Å². The summed E-state index contributed by atoms with van der Waals surface area (Å²) in [5.41, 5.74) is 0.982. The SMILES string of the molecule is CCCCCCCCCCCCCCCC(Nc1ccccc1)C(=O)OCC. The maximum absolute atomic E-state index is 12.2. The van der Waals surface area contributed by atoms with E-state index >= 15 is 0 Å². The molecule has 3 nitrogen and oxygen atoms in total. The van der Waals surface area contributed by atoms with Crippen LogP contribution in [0.5, 0.6) is 0 Å². The van der Waals surface area contributed by atoms with Crippen molar-refractivity contribution in [1.29, 1.82) is 0 Å². The van der Waals surface area contributed by atoms with Gasteiger partial charge in [0.2, 0.25) is 0 Å². The molecule has 1 aromatic rings. The lowest BCUT2D eigenvalue weighted by molar-refractivity contribution is -0.144. The van der Waals surface area contributed by atoms with Gasteiger partial charge in [0, 0.05) is 5.69 Å². The minimum atomic E-state index is -0.241. The Kier molecular flexibility index (Phi) is 15.4. The van der Waals surface area contributed by atoms with E-state index in [2.05, 4.69) is 12.2 Å². The lowest BCUT2D eigenvalue weighted by Crippen LogP contribution is -2.31. The molecular formula is C25H43NO2. The minimum absolute atomic E-state index is 0.134. The van der Waals surface area contributed by atoms with E-state index in [9.17, 15) is 4.79 Å². The average molecular weight is 390 g/mol. The Balaban J connectivity index is 2.07. The van der Waals surface area contributed by atoms with Gasteiger partial charge in [-0.25, -0.2) is 4.79 Å². The maximum Gasteiger partial charge on any atom is 0.328 e. The second-order valence-corrected chi connectivity index (χ2v) is 7.85. The smallest absolute Gasteiger partial charge is 0.328 e. The van der Waals surface area contributed by atoms with Crippen LogP contribution in [-0.4, -0.2) is 18.6 Å². The molecule has 0 aliphatic carbocycles. The largest absolute Gasteiger partial charge is 0.464 e. The molecule has 0 heterocycles. The summed E-state index contributed by atoms with van der Waals surface area (Å²) in [6.07, 6.45) is 18.3. The summed E-state index contributed by atoms with van der Waals surface area (Å²) in [5, 5.41) is 3.33. The van der Waals surface area contributed by atoms with Gasteiger partial charge in [0.15, 0.2) is 0 Å². The fourth-order valence-corrected chi connectivity index (χ4v) is 3.59. The van der Waals surface area contributed by atoms with Crippen molar-refractivity contribution in [3.05, 3.63) is 30.3 Å². The minimum Gasteiger partial charge on any atom is -0.464 e. The van der Waals surface area contributed by atoms with E-state index in [4.69, 9.17) is 4.74 Å². The Hall–Kier alpha value is -1.51. The molecular weight excluding hydrogens is 346 g/mol. The van der Waals surface area contributed by atoms with Gasteiger partial charge in [-0.3, -0.25) is 0 Å². The Morgan fingerprint density at radius 1 is 0.786 bits per heavy atom. The quantitative estimate of drug-likeness (QED) is 0.208. The first kappa shape index (κ1) is 24.5. The van der Waals surface area contributed by atoms with Crippen LogP contribution >= 0.6 is 0 Å². The Morgan fingerprint density at radius 2 is 1.29 bits per heavy atom. The monoisotopic (exact) mass is 389 g/mol. The number of rotatable bonds is 18. The van der Waals surface area contributed by atoms with Crippen molar-refractivity contribution in [2.24, 2.45) is 0 Å². The normalized spacial score (nSPS) is 11.9. The second-order valence-electron chi connectivity index (χ2n) is 7.85. The fraction of sp³-hybridized carbons (Fsp3) is 0.720. The summed E-state index contributed by atoms with van der Waals surface area (Å²) in [6, 6.07) is 9.70. The fourth-order valence-electron chi connectivity index (χ4n) is 3.59. The molecule has 0 radical (unpaired) electrons. The van der Waals surface area contributed by atoms with E-state index in [0.717, 1.165) is 18.5 Å². The van der Waals surface area contributed by atoms with Gasteiger partial charge in [0.1, 0.15) is 6.04 Å². The highest BCUT2D eigenvalue weighted by Gasteiger charge is 2.18. The predicted molar refractivity (Wildman–Crippen MR) is 121 cm³/mol. The van der Waals surface area contributed by atoms with Gasteiger partial charge >= 0.3 is 5.97 Å². The van der Waals surface area contributed by atoms with Gasteiger partial charge in [0.05, 0.1) is 6.61 Å². The number of hydrogen-bond donors (Lipinski definition) is 1. The van der Waals surface area contributed by atoms with Crippen LogP contribution in [0.15, 0.2) is 30.3 Å². The summed E-state index contributed by atoms with van der Waals surface area (Å²) in [4.78, 5) is 12.2. The molecule has 1 N–H and O–H groups in total. The van der Waals surface area contributed by atoms with Crippen molar-refractivity contribution >= 4 is 11.7 Å². The van der Waals surface area contributed by atoms with E-state index < -0.39 is 0 Å². The molecule has 0 spiro atoms. The Morgan fingerprint density at radius 3 is 1.79 bits per heavy atom. The van der Waals surface area contributed by atoms with Crippen molar-refractivity contribution in [3.63, 3.8) is 0 Å². The third-order valence-electron chi connectivity index (χ3n) is 5.28. The number of unbranched alkanes of at least 4 members (excludes halogenated alkanes) is 12.